The van der Waals surface area contributed by atoms with Crippen LogP contribution in [0.2, 0.25) is 5.15 Å². The van der Waals surface area contributed by atoms with Crippen LogP contribution in [0.1, 0.15) is 34.1 Å². The molecule has 1 aliphatic carbocycles. The lowest BCUT2D eigenvalue weighted by Crippen LogP contribution is -2.29. The number of pyridine rings is 1. The number of hydrogen-bond donors (Lipinski definition) is 1. The number of amides is 1. The number of hydrogen-bond acceptors (Lipinski definition) is 2. The molecule has 0 spiro atoms. The molecule has 3 aromatic rings. The van der Waals surface area contributed by atoms with E-state index in [1.54, 1.807) is 10.6 Å². The molecule has 1 atom stereocenters. The minimum atomic E-state index is -0.192. The number of fused-ring (bicyclic) bond motifs is 2. The van der Waals surface area contributed by atoms with Gasteiger partial charge in [-0.05, 0) is 36.1 Å². The fourth-order valence-corrected chi connectivity index (χ4v) is 3.55. The Hall–Kier alpha value is -2.33. The summed E-state index contributed by atoms with van der Waals surface area (Å²) >= 11 is 6.10. The first-order chi connectivity index (χ1) is 11.2. The maximum Gasteiger partial charge on any atom is 0.287 e. The Kier molecular flexibility index (Phi) is 3.54. The summed E-state index contributed by atoms with van der Waals surface area (Å²) in [6.45, 7) is 0.620. The molecule has 2 heterocycles. The van der Waals surface area contributed by atoms with Crippen molar-refractivity contribution in [1.82, 2.24) is 14.7 Å². The van der Waals surface area contributed by atoms with Gasteiger partial charge in [0.25, 0.3) is 5.91 Å². The van der Waals surface area contributed by atoms with Crippen molar-refractivity contribution in [3.8, 4) is 0 Å². The van der Waals surface area contributed by atoms with Gasteiger partial charge in [0.05, 0.1) is 5.52 Å². The molecule has 0 saturated heterocycles. The van der Waals surface area contributed by atoms with Crippen LogP contribution >= 0.6 is 11.6 Å². The number of carbonyl (C=O) groups is 1. The predicted molar refractivity (Wildman–Crippen MR) is 90.0 cm³/mol. The third-order valence-corrected chi connectivity index (χ3v) is 4.75. The number of nitrogens with zero attached hydrogens (tertiary/aromatic N) is 2. The summed E-state index contributed by atoms with van der Waals surface area (Å²) in [6, 6.07) is 14.0. The van der Waals surface area contributed by atoms with Crippen LogP contribution in [-0.4, -0.2) is 21.8 Å². The molecule has 23 heavy (non-hydrogen) atoms. The minimum absolute atomic E-state index is 0.192. The van der Waals surface area contributed by atoms with Crippen LogP contribution in [0.15, 0.2) is 48.7 Å². The van der Waals surface area contributed by atoms with E-state index in [2.05, 4.69) is 34.6 Å². The number of aromatic nitrogens is 2. The molecule has 1 amide bonds. The zero-order valence-corrected chi connectivity index (χ0v) is 13.3. The van der Waals surface area contributed by atoms with Crippen molar-refractivity contribution in [2.24, 2.45) is 0 Å². The van der Waals surface area contributed by atoms with Gasteiger partial charge < -0.3 is 5.32 Å². The lowest BCUT2D eigenvalue weighted by molar-refractivity contribution is 0.0940. The number of carbonyl (C=O) groups excluding carboxylic acids is 1. The molecule has 0 saturated carbocycles. The fraction of sp³-hybridized carbons (Fsp3) is 0.222. The summed E-state index contributed by atoms with van der Waals surface area (Å²) in [4.78, 5) is 16.7. The average molecular weight is 326 g/mol. The van der Waals surface area contributed by atoms with Crippen LogP contribution in [0.5, 0.6) is 0 Å². The zero-order valence-electron chi connectivity index (χ0n) is 12.5. The number of halogens is 1. The summed E-state index contributed by atoms with van der Waals surface area (Å²) in [5.74, 6) is 0.510. The Bertz CT molecular complexity index is 887. The molecule has 116 valence electrons. The van der Waals surface area contributed by atoms with Crippen molar-refractivity contribution in [2.75, 3.05) is 6.54 Å². The third kappa shape index (κ3) is 2.49. The van der Waals surface area contributed by atoms with Crippen LogP contribution in [0.25, 0.3) is 5.52 Å². The molecule has 5 heteroatoms. The SMILES string of the molecule is O=C(NCC1CCc2ccccc21)c1nc(Cl)c2ccccn12. The Morgan fingerprint density at radius 1 is 1.26 bits per heavy atom. The summed E-state index contributed by atoms with van der Waals surface area (Å²) in [7, 11) is 0. The number of rotatable bonds is 3. The molecule has 4 rings (SSSR count). The topological polar surface area (TPSA) is 46.4 Å². The zero-order chi connectivity index (χ0) is 15.8. The van der Waals surface area contributed by atoms with Gasteiger partial charge in [0.2, 0.25) is 5.82 Å². The third-order valence-electron chi connectivity index (χ3n) is 4.47. The first kappa shape index (κ1) is 14.3. The van der Waals surface area contributed by atoms with E-state index in [1.165, 1.54) is 11.1 Å². The average Bonchev–Trinajstić information content (AvgIpc) is 3.15. The van der Waals surface area contributed by atoms with E-state index in [1.807, 2.05) is 18.2 Å². The highest BCUT2D eigenvalue weighted by Gasteiger charge is 2.23. The van der Waals surface area contributed by atoms with Gasteiger partial charge in [-0.25, -0.2) is 4.98 Å². The van der Waals surface area contributed by atoms with Gasteiger partial charge in [-0.3, -0.25) is 9.20 Å². The summed E-state index contributed by atoms with van der Waals surface area (Å²) < 4.78 is 1.72. The highest BCUT2D eigenvalue weighted by molar-refractivity contribution is 6.33. The highest BCUT2D eigenvalue weighted by Crippen LogP contribution is 2.32. The molecule has 4 nitrogen and oxygen atoms in total. The van der Waals surface area contributed by atoms with Crippen molar-refractivity contribution in [1.29, 1.82) is 0 Å². The maximum absolute atomic E-state index is 12.5. The van der Waals surface area contributed by atoms with Crippen molar-refractivity contribution < 1.29 is 4.79 Å². The van der Waals surface area contributed by atoms with Crippen LogP contribution in [0, 0.1) is 0 Å². The van der Waals surface area contributed by atoms with E-state index < -0.39 is 0 Å². The van der Waals surface area contributed by atoms with Crippen LogP contribution < -0.4 is 5.32 Å². The van der Waals surface area contributed by atoms with Crippen LogP contribution in [0.3, 0.4) is 0 Å². The van der Waals surface area contributed by atoms with E-state index in [0.717, 1.165) is 18.4 Å². The second-order valence-electron chi connectivity index (χ2n) is 5.83. The molecule has 1 aliphatic rings. The lowest BCUT2D eigenvalue weighted by atomic mass is 10.0. The molecule has 0 aliphatic heterocycles. The highest BCUT2D eigenvalue weighted by atomic mass is 35.5. The summed E-state index contributed by atoms with van der Waals surface area (Å²) in [5.41, 5.74) is 3.48. The van der Waals surface area contributed by atoms with E-state index in [9.17, 15) is 4.79 Å². The number of nitrogens with one attached hydrogen (secondary N) is 1. The number of imidazole rings is 1. The standard InChI is InChI=1S/C18H16ClN3O/c19-16-15-7-3-4-10-22(15)17(21-16)18(23)20-11-13-9-8-12-5-1-2-6-14(12)13/h1-7,10,13H,8-9,11H2,(H,20,23). The van der Waals surface area contributed by atoms with E-state index in [0.29, 0.717) is 23.4 Å². The van der Waals surface area contributed by atoms with E-state index in [-0.39, 0.29) is 5.91 Å². The Morgan fingerprint density at radius 2 is 2.09 bits per heavy atom. The van der Waals surface area contributed by atoms with Crippen molar-refractivity contribution in [2.45, 2.75) is 18.8 Å². The molecule has 1 N–H and O–H groups in total. The Balaban J connectivity index is 1.53. The molecular formula is C18H16ClN3O. The van der Waals surface area contributed by atoms with Crippen LogP contribution in [-0.2, 0) is 6.42 Å². The molecule has 1 unspecified atom stereocenters. The van der Waals surface area contributed by atoms with Crippen molar-refractivity contribution >= 4 is 23.0 Å². The van der Waals surface area contributed by atoms with Gasteiger partial charge in [-0.2, -0.15) is 0 Å². The van der Waals surface area contributed by atoms with Crippen molar-refractivity contribution in [3.05, 3.63) is 70.8 Å². The quantitative estimate of drug-likeness (QED) is 0.801. The summed E-state index contributed by atoms with van der Waals surface area (Å²) in [6.07, 6.45) is 3.95. The Labute approximate surface area is 139 Å². The van der Waals surface area contributed by atoms with Gasteiger partial charge in [0.15, 0.2) is 5.15 Å². The summed E-state index contributed by atoms with van der Waals surface area (Å²) in [5, 5.41) is 3.36. The maximum atomic E-state index is 12.5. The predicted octanol–water partition coefficient (Wildman–Crippen LogP) is 3.45. The monoisotopic (exact) mass is 325 g/mol. The molecule has 0 radical (unpaired) electrons. The first-order valence-electron chi connectivity index (χ1n) is 7.72. The van der Waals surface area contributed by atoms with Gasteiger partial charge in [0, 0.05) is 18.7 Å². The first-order valence-corrected chi connectivity index (χ1v) is 8.10. The van der Waals surface area contributed by atoms with Gasteiger partial charge in [-0.15, -0.1) is 0 Å². The second kappa shape index (κ2) is 5.70. The minimum Gasteiger partial charge on any atom is -0.349 e. The van der Waals surface area contributed by atoms with Crippen LogP contribution in [0.4, 0.5) is 0 Å². The van der Waals surface area contributed by atoms with Gasteiger partial charge in [0.1, 0.15) is 0 Å². The normalized spacial score (nSPS) is 16.5. The van der Waals surface area contributed by atoms with E-state index in [4.69, 9.17) is 11.6 Å². The second-order valence-corrected chi connectivity index (χ2v) is 6.18. The molecule has 2 aromatic heterocycles. The fourth-order valence-electron chi connectivity index (χ4n) is 3.31. The van der Waals surface area contributed by atoms with Gasteiger partial charge in [-0.1, -0.05) is 41.9 Å². The molecule has 0 fully saturated rings. The lowest BCUT2D eigenvalue weighted by Gasteiger charge is -2.12. The Morgan fingerprint density at radius 3 is 3.00 bits per heavy atom. The van der Waals surface area contributed by atoms with Crippen molar-refractivity contribution in [3.63, 3.8) is 0 Å². The molecule has 1 aromatic carbocycles. The number of benzene rings is 1. The smallest absolute Gasteiger partial charge is 0.287 e. The number of aryl methyl sites for hydroxylation is 1. The largest absolute Gasteiger partial charge is 0.349 e. The molecule has 0 bridgehead atoms. The van der Waals surface area contributed by atoms with E-state index >= 15 is 0 Å². The van der Waals surface area contributed by atoms with Gasteiger partial charge >= 0.3 is 0 Å². The molecular weight excluding hydrogens is 310 g/mol.